The summed E-state index contributed by atoms with van der Waals surface area (Å²) in [4.78, 5) is 13.7. The lowest BCUT2D eigenvalue weighted by Gasteiger charge is -2.38. The Hall–Kier alpha value is -1.55. The Labute approximate surface area is 95.4 Å². The highest BCUT2D eigenvalue weighted by molar-refractivity contribution is 6.07. The fourth-order valence-corrected chi connectivity index (χ4v) is 2.02. The molecule has 1 aromatic rings. The van der Waals surface area contributed by atoms with Gasteiger partial charge in [0, 0.05) is 13.6 Å². The molecule has 2 rings (SSSR count). The van der Waals surface area contributed by atoms with Crippen LogP contribution in [-0.2, 0) is 11.3 Å². The fourth-order valence-electron chi connectivity index (χ4n) is 2.02. The van der Waals surface area contributed by atoms with E-state index in [1.807, 2.05) is 32.0 Å². The van der Waals surface area contributed by atoms with Gasteiger partial charge < -0.3 is 16.0 Å². The van der Waals surface area contributed by atoms with Crippen LogP contribution in [-0.4, -0.2) is 18.5 Å². The first kappa shape index (κ1) is 11.0. The molecule has 4 heteroatoms. The Balaban J connectivity index is 2.51. The molecule has 0 saturated carbocycles. The molecule has 0 aromatic heterocycles. The van der Waals surface area contributed by atoms with E-state index in [2.05, 4.69) is 5.32 Å². The van der Waals surface area contributed by atoms with Gasteiger partial charge in [-0.15, -0.1) is 0 Å². The molecule has 0 fully saturated rings. The lowest BCUT2D eigenvalue weighted by Crippen LogP contribution is -2.52. The summed E-state index contributed by atoms with van der Waals surface area (Å²) >= 11 is 0. The molecule has 0 atom stereocenters. The van der Waals surface area contributed by atoms with E-state index in [-0.39, 0.29) is 5.91 Å². The van der Waals surface area contributed by atoms with Crippen molar-refractivity contribution in [1.29, 1.82) is 0 Å². The van der Waals surface area contributed by atoms with Crippen molar-refractivity contribution in [2.45, 2.75) is 25.9 Å². The predicted molar refractivity (Wildman–Crippen MR) is 65.4 cm³/mol. The molecule has 1 aliphatic rings. The lowest BCUT2D eigenvalue weighted by molar-refractivity contribution is -0.121. The Morgan fingerprint density at radius 3 is 2.75 bits per heavy atom. The third-order valence-corrected chi connectivity index (χ3v) is 2.94. The number of amides is 1. The molecule has 0 unspecified atom stereocenters. The van der Waals surface area contributed by atoms with Crippen LogP contribution in [0.2, 0.25) is 0 Å². The van der Waals surface area contributed by atoms with Crippen molar-refractivity contribution in [2.24, 2.45) is 5.73 Å². The molecule has 0 aliphatic carbocycles. The van der Waals surface area contributed by atoms with Crippen molar-refractivity contribution in [1.82, 2.24) is 0 Å². The molecule has 0 bridgehead atoms. The summed E-state index contributed by atoms with van der Waals surface area (Å²) in [6, 6.07) is 5.88. The van der Waals surface area contributed by atoms with Gasteiger partial charge in [-0.1, -0.05) is 6.07 Å². The number of fused-ring (bicyclic) bond motifs is 1. The first-order valence-electron chi connectivity index (χ1n) is 5.35. The normalized spacial score (nSPS) is 18.0. The van der Waals surface area contributed by atoms with E-state index in [1.54, 1.807) is 11.9 Å². The molecule has 16 heavy (non-hydrogen) atoms. The monoisotopic (exact) mass is 219 g/mol. The molecule has 1 aromatic carbocycles. The molecule has 0 saturated heterocycles. The molecular weight excluding hydrogens is 202 g/mol. The second-order valence-corrected chi connectivity index (χ2v) is 4.67. The Bertz CT molecular complexity index is 440. The average Bonchev–Trinajstić information content (AvgIpc) is 2.25. The number of carbonyl (C=O) groups excluding carboxylic acids is 1. The van der Waals surface area contributed by atoms with Crippen molar-refractivity contribution >= 4 is 17.3 Å². The van der Waals surface area contributed by atoms with Crippen molar-refractivity contribution in [3.05, 3.63) is 23.8 Å². The number of nitrogens with one attached hydrogen (secondary N) is 1. The van der Waals surface area contributed by atoms with Crippen LogP contribution >= 0.6 is 0 Å². The fraction of sp³-hybridized carbons (Fsp3) is 0.417. The molecule has 1 amide bonds. The van der Waals surface area contributed by atoms with E-state index >= 15 is 0 Å². The van der Waals surface area contributed by atoms with Gasteiger partial charge in [0.25, 0.3) is 5.91 Å². The molecule has 86 valence electrons. The SMILES string of the molecule is CN1C(=O)C(C)(C)Nc2cc(CN)ccc21. The average molecular weight is 219 g/mol. The second-order valence-electron chi connectivity index (χ2n) is 4.67. The van der Waals surface area contributed by atoms with E-state index in [1.165, 1.54) is 0 Å². The molecule has 3 N–H and O–H groups in total. The summed E-state index contributed by atoms with van der Waals surface area (Å²) in [6.45, 7) is 4.26. The Kier molecular flexibility index (Phi) is 2.39. The van der Waals surface area contributed by atoms with E-state index in [9.17, 15) is 4.79 Å². The summed E-state index contributed by atoms with van der Waals surface area (Å²) in [5, 5.41) is 3.24. The Morgan fingerprint density at radius 2 is 2.12 bits per heavy atom. The van der Waals surface area contributed by atoms with Crippen LogP contribution in [0.3, 0.4) is 0 Å². The first-order chi connectivity index (χ1) is 7.45. The number of likely N-dealkylation sites (N-methyl/N-ethyl adjacent to an activating group) is 1. The summed E-state index contributed by atoms with van der Waals surface area (Å²) in [5.74, 6) is 0.0699. The highest BCUT2D eigenvalue weighted by atomic mass is 16.2. The number of benzene rings is 1. The van der Waals surface area contributed by atoms with Crippen LogP contribution < -0.4 is 16.0 Å². The molecule has 4 nitrogen and oxygen atoms in total. The van der Waals surface area contributed by atoms with Crippen molar-refractivity contribution < 1.29 is 4.79 Å². The largest absolute Gasteiger partial charge is 0.370 e. The zero-order valence-corrected chi connectivity index (χ0v) is 9.87. The number of rotatable bonds is 1. The number of nitrogens with zero attached hydrogens (tertiary/aromatic N) is 1. The smallest absolute Gasteiger partial charge is 0.251 e. The van der Waals surface area contributed by atoms with E-state index in [0.29, 0.717) is 6.54 Å². The zero-order valence-electron chi connectivity index (χ0n) is 9.87. The highest BCUT2D eigenvalue weighted by Gasteiger charge is 2.36. The van der Waals surface area contributed by atoms with E-state index in [0.717, 1.165) is 16.9 Å². The van der Waals surface area contributed by atoms with Crippen LogP contribution in [0.5, 0.6) is 0 Å². The second kappa shape index (κ2) is 3.49. The first-order valence-corrected chi connectivity index (χ1v) is 5.35. The van der Waals surface area contributed by atoms with Gasteiger partial charge in [0.1, 0.15) is 5.54 Å². The minimum atomic E-state index is -0.561. The van der Waals surface area contributed by atoms with Crippen LogP contribution in [0.4, 0.5) is 11.4 Å². The van der Waals surface area contributed by atoms with Crippen molar-refractivity contribution in [3.63, 3.8) is 0 Å². The van der Waals surface area contributed by atoms with Gasteiger partial charge in [0.15, 0.2) is 0 Å². The van der Waals surface area contributed by atoms with Gasteiger partial charge in [-0.2, -0.15) is 0 Å². The Morgan fingerprint density at radius 1 is 1.44 bits per heavy atom. The van der Waals surface area contributed by atoms with Gasteiger partial charge in [-0.25, -0.2) is 0 Å². The van der Waals surface area contributed by atoms with Gasteiger partial charge >= 0.3 is 0 Å². The maximum absolute atomic E-state index is 12.0. The third-order valence-electron chi connectivity index (χ3n) is 2.94. The molecule has 0 spiro atoms. The molecule has 0 radical (unpaired) electrons. The van der Waals surface area contributed by atoms with Crippen LogP contribution in [0.15, 0.2) is 18.2 Å². The standard InChI is InChI=1S/C12H17N3O/c1-12(2)11(16)15(3)10-5-4-8(7-13)6-9(10)14-12/h4-6,14H,7,13H2,1-3H3. The van der Waals surface area contributed by atoms with Crippen LogP contribution in [0.25, 0.3) is 0 Å². The molecular formula is C12H17N3O. The predicted octanol–water partition coefficient (Wildman–Crippen LogP) is 1.31. The minimum absolute atomic E-state index is 0.0699. The molecule has 1 heterocycles. The maximum Gasteiger partial charge on any atom is 0.251 e. The number of hydrogen-bond acceptors (Lipinski definition) is 3. The van der Waals surface area contributed by atoms with Gasteiger partial charge in [-0.3, -0.25) is 4.79 Å². The van der Waals surface area contributed by atoms with Gasteiger partial charge in [-0.05, 0) is 31.5 Å². The number of hydrogen-bond donors (Lipinski definition) is 2. The number of anilines is 2. The van der Waals surface area contributed by atoms with Crippen LogP contribution in [0, 0.1) is 0 Å². The maximum atomic E-state index is 12.0. The third kappa shape index (κ3) is 1.55. The topological polar surface area (TPSA) is 58.4 Å². The van der Waals surface area contributed by atoms with E-state index < -0.39 is 5.54 Å². The lowest BCUT2D eigenvalue weighted by atomic mass is 9.98. The van der Waals surface area contributed by atoms with Gasteiger partial charge in [0.05, 0.1) is 11.4 Å². The quantitative estimate of drug-likeness (QED) is 0.748. The summed E-state index contributed by atoms with van der Waals surface area (Å²) in [5.41, 5.74) is 7.98. The van der Waals surface area contributed by atoms with Crippen molar-refractivity contribution in [3.8, 4) is 0 Å². The van der Waals surface area contributed by atoms with Crippen molar-refractivity contribution in [2.75, 3.05) is 17.3 Å². The highest BCUT2D eigenvalue weighted by Crippen LogP contribution is 2.34. The molecule has 1 aliphatic heterocycles. The minimum Gasteiger partial charge on any atom is -0.370 e. The van der Waals surface area contributed by atoms with E-state index in [4.69, 9.17) is 5.73 Å². The summed E-state index contributed by atoms with van der Waals surface area (Å²) in [6.07, 6.45) is 0. The number of carbonyl (C=O) groups is 1. The van der Waals surface area contributed by atoms with Crippen LogP contribution in [0.1, 0.15) is 19.4 Å². The summed E-state index contributed by atoms with van der Waals surface area (Å²) in [7, 11) is 1.80. The van der Waals surface area contributed by atoms with Gasteiger partial charge in [0.2, 0.25) is 0 Å². The summed E-state index contributed by atoms with van der Waals surface area (Å²) < 4.78 is 0. The number of nitrogens with two attached hydrogens (primary N) is 1. The zero-order chi connectivity index (χ0) is 11.9.